The fourth-order valence-electron chi connectivity index (χ4n) is 2.32. The van der Waals surface area contributed by atoms with Crippen molar-refractivity contribution in [1.82, 2.24) is 15.2 Å². The molecule has 0 atom stereocenters. The first kappa shape index (κ1) is 14.5. The summed E-state index contributed by atoms with van der Waals surface area (Å²) in [5.41, 5.74) is 2.47. The van der Waals surface area contributed by atoms with E-state index in [1.807, 2.05) is 18.2 Å². The quantitative estimate of drug-likeness (QED) is 0.578. The maximum absolute atomic E-state index is 9.28. The molecule has 118 valence electrons. The summed E-state index contributed by atoms with van der Waals surface area (Å²) < 4.78 is 5.25. The molecule has 0 aromatic heterocycles. The fraction of sp³-hybridized carbons (Fsp3) is 0.0588. The molecule has 0 bridgehead atoms. The molecule has 7 heteroatoms. The number of benzene rings is 2. The molecule has 0 radical (unpaired) electrons. The van der Waals surface area contributed by atoms with Gasteiger partial charge in [0.2, 0.25) is 5.13 Å². The zero-order chi connectivity index (χ0) is 16.5. The number of rotatable bonds is 3. The highest BCUT2D eigenvalue weighted by Gasteiger charge is 2.16. The monoisotopic (exact) mass is 336 g/mol. The molecular formula is C17H12N4O2S. The van der Waals surface area contributed by atoms with Crippen molar-refractivity contribution in [3.05, 3.63) is 48.0 Å². The number of aromatic nitrogens is 3. The third-order valence-electron chi connectivity index (χ3n) is 3.52. The standard InChI is InChI=1S/C17H12N4O2S/c1-23-12-6-7-14-13(8-12)15-16(19-14)24-17(21-20-15)18-9-10-2-4-11(22)5-3-10/h2-9,22H,1H3/b18-9+. The number of ether oxygens (including phenoxy) is 1. The largest absolute Gasteiger partial charge is 0.508 e. The topological polar surface area (TPSA) is 80.5 Å². The average Bonchev–Trinajstić information content (AvgIpc) is 2.98. The van der Waals surface area contributed by atoms with Crippen LogP contribution in [-0.4, -0.2) is 33.6 Å². The number of hydrogen-bond acceptors (Lipinski definition) is 7. The molecule has 0 saturated carbocycles. The maximum Gasteiger partial charge on any atom is 0.231 e. The molecule has 0 spiro atoms. The minimum atomic E-state index is 0.222. The van der Waals surface area contributed by atoms with Crippen molar-refractivity contribution in [3.8, 4) is 22.2 Å². The van der Waals surface area contributed by atoms with Crippen LogP contribution in [0, 0.1) is 0 Å². The van der Waals surface area contributed by atoms with Crippen molar-refractivity contribution >= 4 is 33.6 Å². The number of fused-ring (bicyclic) bond motifs is 3. The van der Waals surface area contributed by atoms with Crippen molar-refractivity contribution in [2.24, 2.45) is 4.99 Å². The van der Waals surface area contributed by atoms with Gasteiger partial charge in [-0.2, -0.15) is 0 Å². The lowest BCUT2D eigenvalue weighted by molar-refractivity contribution is 0.415. The highest BCUT2D eigenvalue weighted by Crippen LogP contribution is 2.36. The Bertz CT molecular complexity index is 1010. The van der Waals surface area contributed by atoms with Gasteiger partial charge in [0.15, 0.2) is 0 Å². The van der Waals surface area contributed by atoms with Crippen LogP contribution in [0.15, 0.2) is 47.5 Å². The lowest BCUT2D eigenvalue weighted by Gasteiger charge is -1.99. The van der Waals surface area contributed by atoms with Gasteiger partial charge in [-0.1, -0.05) is 11.3 Å². The molecule has 2 aliphatic rings. The highest BCUT2D eigenvalue weighted by molar-refractivity contribution is 7.18. The summed E-state index contributed by atoms with van der Waals surface area (Å²) in [6, 6.07) is 12.5. The summed E-state index contributed by atoms with van der Waals surface area (Å²) >= 11 is 1.38. The fourth-order valence-corrected chi connectivity index (χ4v) is 3.07. The predicted octanol–water partition coefficient (Wildman–Crippen LogP) is 3.66. The van der Waals surface area contributed by atoms with E-state index in [1.165, 1.54) is 11.3 Å². The van der Waals surface area contributed by atoms with Crippen molar-refractivity contribution < 1.29 is 9.84 Å². The Hall–Kier alpha value is -3.06. The number of phenolic OH excluding ortho intramolecular Hbond substituents is 1. The van der Waals surface area contributed by atoms with E-state index in [0.29, 0.717) is 5.13 Å². The van der Waals surface area contributed by atoms with E-state index in [1.54, 1.807) is 37.6 Å². The normalized spacial score (nSPS) is 11.5. The van der Waals surface area contributed by atoms with E-state index in [-0.39, 0.29) is 5.75 Å². The van der Waals surface area contributed by atoms with Gasteiger partial charge in [-0.15, -0.1) is 10.2 Å². The summed E-state index contributed by atoms with van der Waals surface area (Å²) in [6.45, 7) is 0. The van der Waals surface area contributed by atoms with Gasteiger partial charge >= 0.3 is 0 Å². The summed E-state index contributed by atoms with van der Waals surface area (Å²) in [5, 5.41) is 19.9. The third kappa shape index (κ3) is 2.65. The van der Waals surface area contributed by atoms with Gasteiger partial charge in [0.1, 0.15) is 22.2 Å². The molecule has 0 amide bonds. The van der Waals surface area contributed by atoms with Crippen molar-refractivity contribution in [1.29, 1.82) is 0 Å². The van der Waals surface area contributed by atoms with Gasteiger partial charge in [0, 0.05) is 11.6 Å². The van der Waals surface area contributed by atoms with E-state index < -0.39 is 0 Å². The van der Waals surface area contributed by atoms with Crippen LogP contribution in [0.5, 0.6) is 11.5 Å². The Morgan fingerprint density at radius 3 is 2.75 bits per heavy atom. The Balaban J connectivity index is 1.71. The van der Waals surface area contributed by atoms with Gasteiger partial charge in [-0.3, -0.25) is 0 Å². The molecule has 2 aromatic rings. The van der Waals surface area contributed by atoms with E-state index in [9.17, 15) is 5.11 Å². The minimum absolute atomic E-state index is 0.222. The van der Waals surface area contributed by atoms with Gasteiger partial charge in [-0.25, -0.2) is 9.98 Å². The Morgan fingerprint density at radius 2 is 1.96 bits per heavy atom. The molecule has 0 fully saturated rings. The number of aromatic hydroxyl groups is 1. The lowest BCUT2D eigenvalue weighted by Crippen LogP contribution is -1.86. The Morgan fingerprint density at radius 1 is 1.12 bits per heavy atom. The van der Waals surface area contributed by atoms with Gasteiger partial charge in [0.25, 0.3) is 0 Å². The number of hydrogen-bond donors (Lipinski definition) is 1. The van der Waals surface area contributed by atoms with Crippen LogP contribution in [-0.2, 0) is 0 Å². The van der Waals surface area contributed by atoms with Gasteiger partial charge in [0.05, 0.1) is 12.6 Å². The lowest BCUT2D eigenvalue weighted by atomic mass is 10.2. The molecule has 0 saturated heterocycles. The summed E-state index contributed by atoms with van der Waals surface area (Å²) in [6.07, 6.45) is 1.68. The van der Waals surface area contributed by atoms with Crippen LogP contribution in [0.2, 0.25) is 0 Å². The van der Waals surface area contributed by atoms with Gasteiger partial charge in [-0.05, 0) is 48.0 Å². The molecule has 1 N–H and O–H groups in total. The number of nitrogens with zero attached hydrogens (tertiary/aromatic N) is 4. The zero-order valence-corrected chi connectivity index (χ0v) is 13.5. The molecule has 2 heterocycles. The second-order valence-electron chi connectivity index (χ2n) is 5.08. The van der Waals surface area contributed by atoms with Crippen molar-refractivity contribution in [3.63, 3.8) is 0 Å². The van der Waals surface area contributed by atoms with E-state index >= 15 is 0 Å². The van der Waals surface area contributed by atoms with E-state index in [0.717, 1.165) is 32.9 Å². The number of phenols is 1. The Labute approximate surface area is 141 Å². The molecule has 6 nitrogen and oxygen atoms in total. The number of aliphatic imine (C=N–C) groups is 1. The SMILES string of the molecule is COc1ccc2nc3sc(/N=C/c4ccc(O)cc4)nnc-3c2c1. The molecule has 2 aromatic carbocycles. The van der Waals surface area contributed by atoms with Crippen molar-refractivity contribution in [2.45, 2.75) is 0 Å². The van der Waals surface area contributed by atoms with Gasteiger partial charge < -0.3 is 9.84 Å². The first-order valence-electron chi connectivity index (χ1n) is 7.17. The van der Waals surface area contributed by atoms with Crippen LogP contribution in [0.1, 0.15) is 5.56 Å². The van der Waals surface area contributed by atoms with Crippen LogP contribution < -0.4 is 4.74 Å². The van der Waals surface area contributed by atoms with E-state index in [2.05, 4.69) is 20.2 Å². The highest BCUT2D eigenvalue weighted by atomic mass is 32.1. The van der Waals surface area contributed by atoms with Crippen LogP contribution in [0.25, 0.3) is 21.6 Å². The maximum atomic E-state index is 9.28. The molecular weight excluding hydrogens is 324 g/mol. The third-order valence-corrected chi connectivity index (χ3v) is 4.37. The van der Waals surface area contributed by atoms with Crippen LogP contribution >= 0.6 is 11.3 Å². The van der Waals surface area contributed by atoms with E-state index in [4.69, 9.17) is 4.74 Å². The van der Waals surface area contributed by atoms with Crippen LogP contribution in [0.3, 0.4) is 0 Å². The molecule has 0 unspecified atom stereocenters. The smallest absolute Gasteiger partial charge is 0.231 e. The van der Waals surface area contributed by atoms with Crippen LogP contribution in [0.4, 0.5) is 5.13 Å². The molecule has 2 aliphatic heterocycles. The molecule has 24 heavy (non-hydrogen) atoms. The van der Waals surface area contributed by atoms with Crippen molar-refractivity contribution in [2.75, 3.05) is 7.11 Å². The number of methoxy groups -OCH3 is 1. The second-order valence-corrected chi connectivity index (χ2v) is 6.04. The minimum Gasteiger partial charge on any atom is -0.508 e. The summed E-state index contributed by atoms with van der Waals surface area (Å²) in [4.78, 5) is 8.91. The Kier molecular flexibility index (Phi) is 3.55. The molecule has 4 rings (SSSR count). The second kappa shape index (κ2) is 5.86. The first-order valence-corrected chi connectivity index (χ1v) is 7.99. The predicted molar refractivity (Wildman–Crippen MR) is 93.7 cm³/mol. The first-order chi connectivity index (χ1) is 11.7. The molecule has 0 aliphatic carbocycles. The zero-order valence-electron chi connectivity index (χ0n) is 12.7. The summed E-state index contributed by atoms with van der Waals surface area (Å²) in [5.74, 6) is 0.984. The summed E-state index contributed by atoms with van der Waals surface area (Å²) in [7, 11) is 1.63. The average molecular weight is 336 g/mol.